The third-order valence-electron chi connectivity index (χ3n) is 1.96. The molecule has 0 aliphatic carbocycles. The van der Waals surface area contributed by atoms with Crippen LogP contribution in [0.2, 0.25) is 0 Å². The van der Waals surface area contributed by atoms with Crippen molar-refractivity contribution >= 4 is 55.7 Å². The van der Waals surface area contributed by atoms with Crippen molar-refractivity contribution in [2.75, 3.05) is 5.73 Å². The Morgan fingerprint density at radius 3 is 2.92 bits per heavy atom. The Morgan fingerprint density at radius 1 is 1.46 bits per heavy atom. The topological polar surface area (TPSA) is 26.0 Å². The zero-order valence-corrected chi connectivity index (χ0v) is 10.0. The number of nitrogen functional groups attached to an aromatic ring is 1. The van der Waals surface area contributed by atoms with Crippen LogP contribution in [0.5, 0.6) is 0 Å². The van der Waals surface area contributed by atoms with Gasteiger partial charge >= 0.3 is 0 Å². The minimum atomic E-state index is 0.806. The largest absolute Gasteiger partial charge is 0.398 e. The van der Waals surface area contributed by atoms with Gasteiger partial charge in [0.05, 0.1) is 4.21 Å². The smallest absolute Gasteiger partial charge is 0.0622 e. The van der Waals surface area contributed by atoms with Gasteiger partial charge in [-0.05, 0) is 17.7 Å². The number of anilines is 1. The van der Waals surface area contributed by atoms with Crippen LogP contribution in [-0.4, -0.2) is 0 Å². The van der Waals surface area contributed by atoms with Crippen molar-refractivity contribution in [1.82, 2.24) is 0 Å². The number of fused-ring (bicyclic) bond motifs is 1. The van der Waals surface area contributed by atoms with Crippen LogP contribution < -0.4 is 5.73 Å². The summed E-state index contributed by atoms with van der Waals surface area (Å²) in [6, 6.07) is 5.97. The first kappa shape index (κ1) is 9.37. The minimum Gasteiger partial charge on any atom is -0.398 e. The minimum absolute atomic E-state index is 0.806. The van der Waals surface area contributed by atoms with E-state index in [2.05, 4.69) is 34.6 Å². The predicted molar refractivity (Wildman–Crippen MR) is 66.1 cm³/mol. The van der Waals surface area contributed by atoms with Crippen molar-refractivity contribution in [3.63, 3.8) is 0 Å². The van der Waals surface area contributed by atoms with E-state index in [-0.39, 0.29) is 0 Å². The summed E-state index contributed by atoms with van der Waals surface area (Å²) >= 11 is 9.53. The molecule has 1 nitrogen and oxygen atoms in total. The van der Waals surface area contributed by atoms with E-state index in [4.69, 9.17) is 5.73 Å². The molecule has 0 amide bonds. The van der Waals surface area contributed by atoms with E-state index in [1.54, 1.807) is 11.3 Å². The average Bonchev–Trinajstić information content (AvgIpc) is 2.42. The van der Waals surface area contributed by atoms with Crippen molar-refractivity contribution in [3.05, 3.63) is 23.8 Å². The van der Waals surface area contributed by atoms with Gasteiger partial charge < -0.3 is 5.73 Å². The maximum absolute atomic E-state index is 5.90. The standard InChI is InChI=1S/C9H8BrNS2/c10-4-5-8-6(11)2-1-3-7(8)13-9(5)12/h1-3,12H,4,11H2. The number of benzene rings is 1. The Balaban J connectivity index is 2.88. The van der Waals surface area contributed by atoms with Gasteiger partial charge in [-0.25, -0.2) is 0 Å². The van der Waals surface area contributed by atoms with Crippen LogP contribution in [0.3, 0.4) is 0 Å². The van der Waals surface area contributed by atoms with Gasteiger partial charge in [0.2, 0.25) is 0 Å². The highest BCUT2D eigenvalue weighted by molar-refractivity contribution is 9.08. The summed E-state index contributed by atoms with van der Waals surface area (Å²) in [6.07, 6.45) is 0. The van der Waals surface area contributed by atoms with Crippen LogP contribution in [0, 0.1) is 0 Å². The Hall–Kier alpha value is -0.190. The first-order chi connectivity index (χ1) is 6.24. The van der Waals surface area contributed by atoms with Crippen LogP contribution in [0.4, 0.5) is 5.69 Å². The van der Waals surface area contributed by atoms with Crippen LogP contribution in [0.1, 0.15) is 5.56 Å². The summed E-state index contributed by atoms with van der Waals surface area (Å²) < 4.78 is 2.25. The number of halogens is 1. The van der Waals surface area contributed by atoms with Gasteiger partial charge in [0.25, 0.3) is 0 Å². The summed E-state index contributed by atoms with van der Waals surface area (Å²) in [6.45, 7) is 0. The highest BCUT2D eigenvalue weighted by atomic mass is 79.9. The normalized spacial score (nSPS) is 10.9. The number of hydrogen-bond acceptors (Lipinski definition) is 3. The average molecular weight is 274 g/mol. The number of hydrogen-bond donors (Lipinski definition) is 2. The summed E-state index contributed by atoms with van der Waals surface area (Å²) in [4.78, 5) is 0. The fourth-order valence-electron chi connectivity index (χ4n) is 1.35. The van der Waals surface area contributed by atoms with Crippen molar-refractivity contribution in [3.8, 4) is 0 Å². The lowest BCUT2D eigenvalue weighted by Gasteiger charge is -1.98. The van der Waals surface area contributed by atoms with Crippen molar-refractivity contribution in [1.29, 1.82) is 0 Å². The molecule has 13 heavy (non-hydrogen) atoms. The molecule has 0 saturated carbocycles. The Kier molecular flexibility index (Phi) is 2.53. The molecule has 1 aromatic heterocycles. The molecule has 0 fully saturated rings. The number of alkyl halides is 1. The van der Waals surface area contributed by atoms with Gasteiger partial charge in [0, 0.05) is 21.1 Å². The molecule has 0 aliphatic heterocycles. The molecule has 0 bridgehead atoms. The molecule has 0 aliphatic rings. The molecule has 68 valence electrons. The molecule has 0 spiro atoms. The Morgan fingerprint density at radius 2 is 2.23 bits per heavy atom. The zero-order valence-electron chi connectivity index (χ0n) is 6.75. The van der Waals surface area contributed by atoms with Gasteiger partial charge in [-0.3, -0.25) is 0 Å². The molecule has 2 rings (SSSR count). The van der Waals surface area contributed by atoms with Crippen molar-refractivity contribution in [2.24, 2.45) is 0 Å². The molecule has 1 aromatic carbocycles. The summed E-state index contributed by atoms with van der Waals surface area (Å²) in [5.41, 5.74) is 7.93. The quantitative estimate of drug-likeness (QED) is 0.463. The predicted octanol–water partition coefficient (Wildman–Crippen LogP) is 3.67. The lowest BCUT2D eigenvalue weighted by Crippen LogP contribution is -1.86. The number of rotatable bonds is 1. The Bertz CT molecular complexity index is 450. The van der Waals surface area contributed by atoms with E-state index >= 15 is 0 Å². The molecule has 0 unspecified atom stereocenters. The lowest BCUT2D eigenvalue weighted by atomic mass is 10.1. The first-order valence-corrected chi connectivity index (χ1v) is 6.17. The monoisotopic (exact) mass is 273 g/mol. The number of nitrogens with two attached hydrogens (primary N) is 1. The van der Waals surface area contributed by atoms with Gasteiger partial charge in [-0.1, -0.05) is 22.0 Å². The van der Waals surface area contributed by atoms with Crippen LogP contribution in [0.15, 0.2) is 22.4 Å². The summed E-state index contributed by atoms with van der Waals surface area (Å²) in [7, 11) is 0. The fraction of sp³-hybridized carbons (Fsp3) is 0.111. The lowest BCUT2D eigenvalue weighted by molar-refractivity contribution is 1.43. The molecular formula is C9H8BrNS2. The van der Waals surface area contributed by atoms with Gasteiger partial charge in [0.1, 0.15) is 0 Å². The van der Waals surface area contributed by atoms with Crippen LogP contribution in [-0.2, 0) is 5.33 Å². The number of thiol groups is 1. The van der Waals surface area contributed by atoms with Gasteiger partial charge in [0.15, 0.2) is 0 Å². The molecule has 2 N–H and O–H groups in total. The maximum atomic E-state index is 5.90. The third-order valence-corrected chi connectivity index (χ3v) is 4.06. The van der Waals surface area contributed by atoms with Crippen LogP contribution in [0.25, 0.3) is 10.1 Å². The third kappa shape index (κ3) is 1.47. The van der Waals surface area contributed by atoms with Gasteiger partial charge in [-0.15, -0.1) is 24.0 Å². The first-order valence-electron chi connectivity index (χ1n) is 3.79. The van der Waals surface area contributed by atoms with Crippen molar-refractivity contribution in [2.45, 2.75) is 9.54 Å². The molecule has 4 heteroatoms. The molecule has 0 saturated heterocycles. The molecule has 0 atom stereocenters. The maximum Gasteiger partial charge on any atom is 0.0622 e. The van der Waals surface area contributed by atoms with E-state index in [0.29, 0.717) is 0 Å². The molecule has 0 radical (unpaired) electrons. The highest BCUT2D eigenvalue weighted by Gasteiger charge is 2.10. The second-order valence-corrected chi connectivity index (χ2v) is 5.10. The second kappa shape index (κ2) is 3.52. The fourth-order valence-corrected chi connectivity index (χ4v) is 3.80. The number of thiophene rings is 1. The second-order valence-electron chi connectivity index (χ2n) is 2.74. The van der Waals surface area contributed by atoms with E-state index in [0.717, 1.165) is 20.6 Å². The van der Waals surface area contributed by atoms with Crippen molar-refractivity contribution < 1.29 is 0 Å². The van der Waals surface area contributed by atoms with E-state index < -0.39 is 0 Å². The van der Waals surface area contributed by atoms with E-state index in [1.807, 2.05) is 12.1 Å². The highest BCUT2D eigenvalue weighted by Crippen LogP contribution is 2.38. The molecule has 1 heterocycles. The summed E-state index contributed by atoms with van der Waals surface area (Å²) in [5, 5.41) is 1.95. The van der Waals surface area contributed by atoms with Crippen LogP contribution >= 0.6 is 39.9 Å². The zero-order chi connectivity index (χ0) is 9.42. The Labute approximate surface area is 94.5 Å². The molecular weight excluding hydrogens is 266 g/mol. The van der Waals surface area contributed by atoms with Gasteiger partial charge in [-0.2, -0.15) is 0 Å². The SMILES string of the molecule is Nc1cccc2sc(S)c(CBr)c12. The molecule has 2 aromatic rings. The van der Waals surface area contributed by atoms with E-state index in [9.17, 15) is 0 Å². The summed E-state index contributed by atoms with van der Waals surface area (Å²) in [5.74, 6) is 0. The van der Waals surface area contributed by atoms with E-state index in [1.165, 1.54) is 10.3 Å².